The number of carbonyl (C=O) groups excluding carboxylic acids is 2. The molecule has 0 fully saturated rings. The third-order valence-electron chi connectivity index (χ3n) is 4.80. The van der Waals surface area contributed by atoms with Gasteiger partial charge in [0.25, 0.3) is 0 Å². The minimum atomic E-state index is -0.365. The number of hydrogen-bond acceptors (Lipinski definition) is 4. The summed E-state index contributed by atoms with van der Waals surface area (Å²) in [5, 5.41) is 0. The van der Waals surface area contributed by atoms with Gasteiger partial charge in [0.05, 0.1) is 17.9 Å². The van der Waals surface area contributed by atoms with E-state index < -0.39 is 0 Å². The zero-order valence-corrected chi connectivity index (χ0v) is 16.4. The average molecular weight is 428 g/mol. The molecule has 5 nitrogen and oxygen atoms in total. The fourth-order valence-electron chi connectivity index (χ4n) is 3.66. The fourth-order valence-corrected chi connectivity index (χ4v) is 3.93. The lowest BCUT2D eigenvalue weighted by molar-refractivity contribution is -0.136. The molecule has 0 bridgehead atoms. The Morgan fingerprint density at radius 1 is 1.15 bits per heavy atom. The van der Waals surface area contributed by atoms with Crippen LogP contribution in [0.3, 0.4) is 0 Å². The summed E-state index contributed by atoms with van der Waals surface area (Å²) in [6.07, 6.45) is 0.189. The smallest absolute Gasteiger partial charge is 0.336 e. The van der Waals surface area contributed by atoms with E-state index in [1.165, 1.54) is 0 Å². The summed E-state index contributed by atoms with van der Waals surface area (Å²) in [5.41, 5.74) is 2.74. The van der Waals surface area contributed by atoms with Crippen LogP contribution in [0.5, 0.6) is 5.75 Å². The van der Waals surface area contributed by atoms with Crippen LogP contribution < -0.4 is 9.64 Å². The van der Waals surface area contributed by atoms with Crippen LogP contribution in [0.2, 0.25) is 0 Å². The first-order valence-electron chi connectivity index (χ1n) is 8.80. The van der Waals surface area contributed by atoms with Gasteiger partial charge in [0, 0.05) is 28.1 Å². The summed E-state index contributed by atoms with van der Waals surface area (Å²) < 4.78 is 12.0. The van der Waals surface area contributed by atoms with Crippen molar-refractivity contribution in [2.24, 2.45) is 0 Å². The molecule has 2 aliphatic heterocycles. The molecule has 0 N–H and O–H groups in total. The highest BCUT2D eigenvalue weighted by Crippen LogP contribution is 2.44. The highest BCUT2D eigenvalue weighted by molar-refractivity contribution is 9.10. The minimum Gasteiger partial charge on any atom is -0.494 e. The lowest BCUT2D eigenvalue weighted by Crippen LogP contribution is -2.37. The molecule has 1 unspecified atom stereocenters. The number of halogens is 1. The van der Waals surface area contributed by atoms with E-state index in [1.54, 1.807) is 4.90 Å². The first kappa shape index (κ1) is 17.8. The van der Waals surface area contributed by atoms with Crippen LogP contribution in [0, 0.1) is 0 Å². The van der Waals surface area contributed by atoms with Gasteiger partial charge in [0.1, 0.15) is 12.4 Å². The molecule has 0 saturated heterocycles. The van der Waals surface area contributed by atoms with Crippen molar-refractivity contribution in [3.63, 3.8) is 0 Å². The van der Waals surface area contributed by atoms with E-state index in [2.05, 4.69) is 15.9 Å². The molecule has 1 amide bonds. The zero-order valence-electron chi connectivity index (χ0n) is 14.8. The second kappa shape index (κ2) is 7.19. The van der Waals surface area contributed by atoms with Crippen molar-refractivity contribution in [1.82, 2.24) is 0 Å². The van der Waals surface area contributed by atoms with Crippen molar-refractivity contribution in [2.45, 2.75) is 19.3 Å². The summed E-state index contributed by atoms with van der Waals surface area (Å²) in [6, 6.07) is 15.0. The fraction of sp³-hybridized carbons (Fsp3) is 0.238. The summed E-state index contributed by atoms with van der Waals surface area (Å²) in [5.74, 6) is -0.0972. The highest BCUT2D eigenvalue weighted by atomic mass is 79.9. The topological polar surface area (TPSA) is 55.8 Å². The third kappa shape index (κ3) is 3.14. The number of benzene rings is 2. The number of hydrogen-bond donors (Lipinski definition) is 0. The first-order valence-corrected chi connectivity index (χ1v) is 9.60. The van der Waals surface area contributed by atoms with Crippen LogP contribution >= 0.6 is 15.9 Å². The van der Waals surface area contributed by atoms with E-state index in [0.29, 0.717) is 23.6 Å². The minimum absolute atomic E-state index is 0.0642. The summed E-state index contributed by atoms with van der Waals surface area (Å²) in [7, 11) is 0. The van der Waals surface area contributed by atoms with Crippen LogP contribution in [-0.4, -0.2) is 25.1 Å². The third-order valence-corrected chi connectivity index (χ3v) is 5.33. The van der Waals surface area contributed by atoms with Crippen LogP contribution in [0.1, 0.15) is 24.8 Å². The van der Waals surface area contributed by atoms with E-state index >= 15 is 0 Å². The highest BCUT2D eigenvalue weighted by Gasteiger charge is 2.43. The van der Waals surface area contributed by atoms with Gasteiger partial charge >= 0.3 is 5.97 Å². The van der Waals surface area contributed by atoms with Gasteiger partial charge in [0.2, 0.25) is 5.91 Å². The number of anilines is 1. The summed E-state index contributed by atoms with van der Waals surface area (Å²) in [4.78, 5) is 27.2. The lowest BCUT2D eigenvalue weighted by atomic mass is 9.83. The molecule has 4 rings (SSSR count). The van der Waals surface area contributed by atoms with Crippen LogP contribution in [-0.2, 0) is 14.3 Å². The van der Waals surface area contributed by atoms with Gasteiger partial charge in [0.15, 0.2) is 0 Å². The molecule has 2 aromatic rings. The number of esters is 1. The number of cyclic esters (lactones) is 1. The number of carbonyl (C=O) groups is 2. The molecular formula is C21H18BrNO4. The lowest BCUT2D eigenvalue weighted by Gasteiger charge is -2.32. The second-order valence-corrected chi connectivity index (χ2v) is 7.29. The van der Waals surface area contributed by atoms with Crippen molar-refractivity contribution in [1.29, 1.82) is 0 Å². The Bertz CT molecular complexity index is 935. The van der Waals surface area contributed by atoms with Gasteiger partial charge in [-0.1, -0.05) is 34.1 Å². The second-order valence-electron chi connectivity index (χ2n) is 6.37. The first-order chi connectivity index (χ1) is 13.1. The average Bonchev–Trinajstić information content (AvgIpc) is 3.05. The van der Waals surface area contributed by atoms with E-state index in [1.807, 2.05) is 55.5 Å². The quantitative estimate of drug-likeness (QED) is 0.686. The Morgan fingerprint density at radius 2 is 1.89 bits per heavy atom. The molecule has 138 valence electrons. The Balaban J connectivity index is 1.82. The summed E-state index contributed by atoms with van der Waals surface area (Å²) in [6.45, 7) is 2.52. The number of ether oxygens (including phenoxy) is 2. The number of para-hydroxylation sites is 1. The Labute approximate surface area is 165 Å². The Hall–Kier alpha value is -2.60. The zero-order chi connectivity index (χ0) is 19.0. The number of amides is 1. The van der Waals surface area contributed by atoms with Crippen molar-refractivity contribution in [3.05, 3.63) is 69.8 Å². The van der Waals surface area contributed by atoms with E-state index in [9.17, 15) is 9.59 Å². The number of nitrogens with zero attached hydrogens (tertiary/aromatic N) is 1. The van der Waals surface area contributed by atoms with E-state index in [0.717, 1.165) is 15.7 Å². The SMILES string of the molecule is CCOc1ccccc1C1CC(=O)N(c2ccc(Br)cc2)C2=C1C(=O)OC2. The van der Waals surface area contributed by atoms with Gasteiger partial charge in [-0.05, 0) is 37.3 Å². The van der Waals surface area contributed by atoms with Gasteiger partial charge in [-0.25, -0.2) is 4.79 Å². The largest absolute Gasteiger partial charge is 0.494 e. The molecule has 0 aliphatic carbocycles. The molecule has 2 heterocycles. The molecule has 0 spiro atoms. The molecule has 0 aromatic heterocycles. The van der Waals surface area contributed by atoms with Crippen LogP contribution in [0.25, 0.3) is 0 Å². The monoisotopic (exact) mass is 427 g/mol. The van der Waals surface area contributed by atoms with Crippen molar-refractivity contribution >= 4 is 33.5 Å². The normalized spacial score (nSPS) is 19.2. The van der Waals surface area contributed by atoms with Crippen molar-refractivity contribution in [2.75, 3.05) is 18.1 Å². The Kier molecular flexibility index (Phi) is 4.74. The molecule has 2 aliphatic rings. The molecule has 0 radical (unpaired) electrons. The van der Waals surface area contributed by atoms with E-state index in [-0.39, 0.29) is 30.8 Å². The molecule has 2 aromatic carbocycles. The van der Waals surface area contributed by atoms with Gasteiger partial charge < -0.3 is 9.47 Å². The van der Waals surface area contributed by atoms with Crippen LogP contribution in [0.4, 0.5) is 5.69 Å². The van der Waals surface area contributed by atoms with Gasteiger partial charge in [-0.2, -0.15) is 0 Å². The van der Waals surface area contributed by atoms with Crippen molar-refractivity contribution in [3.8, 4) is 5.75 Å². The molecular weight excluding hydrogens is 410 g/mol. The predicted octanol–water partition coefficient (Wildman–Crippen LogP) is 4.18. The standard InChI is InChI=1S/C21H18BrNO4/c1-2-26-18-6-4-3-5-15(18)16-11-19(24)23(14-9-7-13(22)8-10-14)17-12-27-21(25)20(16)17/h3-10,16H,2,11-12H2,1H3. The predicted molar refractivity (Wildman–Crippen MR) is 105 cm³/mol. The van der Waals surface area contributed by atoms with Crippen molar-refractivity contribution < 1.29 is 19.1 Å². The summed E-state index contributed by atoms with van der Waals surface area (Å²) >= 11 is 3.41. The maximum Gasteiger partial charge on any atom is 0.336 e. The van der Waals surface area contributed by atoms with E-state index in [4.69, 9.17) is 9.47 Å². The molecule has 1 atom stereocenters. The van der Waals surface area contributed by atoms with Gasteiger partial charge in [-0.15, -0.1) is 0 Å². The molecule has 6 heteroatoms. The number of rotatable bonds is 4. The van der Waals surface area contributed by atoms with Gasteiger partial charge in [-0.3, -0.25) is 9.69 Å². The molecule has 0 saturated carbocycles. The Morgan fingerprint density at radius 3 is 2.63 bits per heavy atom. The maximum absolute atomic E-state index is 13.1. The maximum atomic E-state index is 13.1. The van der Waals surface area contributed by atoms with Crippen LogP contribution in [0.15, 0.2) is 64.3 Å². The molecule has 27 heavy (non-hydrogen) atoms.